The number of nitrogens with zero attached hydrogens (tertiary/aromatic N) is 3. The van der Waals surface area contributed by atoms with Crippen LogP contribution >= 0.6 is 0 Å². The maximum Gasteiger partial charge on any atom is 0.138 e. The largest absolute Gasteiger partial charge is 0.498 e. The van der Waals surface area contributed by atoms with Crippen LogP contribution in [0, 0.1) is 5.92 Å². The third kappa shape index (κ3) is 2.96. The minimum Gasteiger partial charge on any atom is -0.498 e. The molecule has 0 amide bonds. The van der Waals surface area contributed by atoms with Gasteiger partial charge in [-0.15, -0.1) is 0 Å². The molecule has 17 heavy (non-hydrogen) atoms. The van der Waals surface area contributed by atoms with Crippen LogP contribution in [-0.4, -0.2) is 21.4 Å². The van der Waals surface area contributed by atoms with E-state index in [-0.39, 0.29) is 0 Å². The van der Waals surface area contributed by atoms with Gasteiger partial charge in [0.25, 0.3) is 0 Å². The van der Waals surface area contributed by atoms with Crippen LogP contribution < -0.4 is 0 Å². The van der Waals surface area contributed by atoms with Gasteiger partial charge < -0.3 is 4.74 Å². The van der Waals surface area contributed by atoms with Crippen molar-refractivity contribution in [2.24, 2.45) is 5.92 Å². The maximum atomic E-state index is 5.77. The van der Waals surface area contributed by atoms with Crippen molar-refractivity contribution in [3.63, 3.8) is 0 Å². The van der Waals surface area contributed by atoms with Gasteiger partial charge in [0.15, 0.2) is 0 Å². The summed E-state index contributed by atoms with van der Waals surface area (Å²) in [7, 11) is 0. The van der Waals surface area contributed by atoms with Crippen molar-refractivity contribution in [3.05, 3.63) is 30.6 Å². The highest BCUT2D eigenvalue weighted by Crippen LogP contribution is 2.27. The predicted octanol–water partition coefficient (Wildman–Crippen LogP) is 2.86. The third-order valence-electron chi connectivity index (χ3n) is 2.92. The lowest BCUT2D eigenvalue weighted by atomic mass is 9.98. The van der Waals surface area contributed by atoms with Gasteiger partial charge in [-0.3, -0.25) is 0 Å². The number of unbranched alkanes of at least 4 members (excludes halogenated alkanes) is 1. The van der Waals surface area contributed by atoms with Crippen LogP contribution in [0.4, 0.5) is 0 Å². The highest BCUT2D eigenvalue weighted by molar-refractivity contribution is 5.50. The second-order valence-corrected chi connectivity index (χ2v) is 4.37. The molecule has 0 N–H and O–H groups in total. The fraction of sp³-hybridized carbons (Fsp3) is 0.538. The Morgan fingerprint density at radius 1 is 1.47 bits per heavy atom. The van der Waals surface area contributed by atoms with Gasteiger partial charge in [-0.1, -0.05) is 20.3 Å². The molecule has 0 fully saturated rings. The Kier molecular flexibility index (Phi) is 3.96. The van der Waals surface area contributed by atoms with Gasteiger partial charge in [-0.25, -0.2) is 9.67 Å². The van der Waals surface area contributed by atoms with Crippen LogP contribution in [0.25, 0.3) is 5.70 Å². The smallest absolute Gasteiger partial charge is 0.138 e. The van der Waals surface area contributed by atoms with E-state index in [2.05, 4.69) is 36.1 Å². The van der Waals surface area contributed by atoms with Gasteiger partial charge in [0.2, 0.25) is 0 Å². The van der Waals surface area contributed by atoms with Crippen LogP contribution in [-0.2, 0) is 4.74 Å². The molecule has 0 saturated carbocycles. The molecular weight excluding hydrogens is 214 g/mol. The topological polar surface area (TPSA) is 39.9 Å². The number of rotatable bonds is 5. The summed E-state index contributed by atoms with van der Waals surface area (Å²) in [6.07, 6.45) is 10.6. The van der Waals surface area contributed by atoms with Crippen LogP contribution in [0.2, 0.25) is 0 Å². The molecule has 0 saturated heterocycles. The molecule has 92 valence electrons. The van der Waals surface area contributed by atoms with E-state index < -0.39 is 0 Å². The minimum absolute atomic E-state index is 0.413. The summed E-state index contributed by atoms with van der Waals surface area (Å²) in [5, 5.41) is 4.14. The van der Waals surface area contributed by atoms with Gasteiger partial charge in [0.05, 0.1) is 12.4 Å². The van der Waals surface area contributed by atoms with Gasteiger partial charge in [0, 0.05) is 11.6 Å². The molecule has 1 unspecified atom stereocenters. The standard InChI is InChI=1S/C13H19N3O/c1-3-4-7-17-13-6-5-12(8-11(13)2)16-10-14-9-15-16/h5-6,9-11H,3-4,7-8H2,1-2H3. The minimum atomic E-state index is 0.413. The van der Waals surface area contributed by atoms with Crippen molar-refractivity contribution in [2.45, 2.75) is 33.1 Å². The van der Waals surface area contributed by atoms with Crippen molar-refractivity contribution in [3.8, 4) is 0 Å². The van der Waals surface area contributed by atoms with Crippen LogP contribution in [0.3, 0.4) is 0 Å². The van der Waals surface area contributed by atoms with E-state index in [0.717, 1.165) is 30.9 Å². The normalized spacial score (nSPS) is 19.8. The Bertz CT molecular complexity index is 406. The average molecular weight is 233 g/mol. The fourth-order valence-electron chi connectivity index (χ4n) is 1.88. The lowest BCUT2D eigenvalue weighted by molar-refractivity contribution is 0.176. The van der Waals surface area contributed by atoms with E-state index in [1.54, 1.807) is 12.7 Å². The number of ether oxygens (including phenoxy) is 1. The number of aromatic nitrogens is 3. The first kappa shape index (κ1) is 11.9. The summed E-state index contributed by atoms with van der Waals surface area (Å²) >= 11 is 0. The Labute approximate surface area is 102 Å². The number of hydrogen-bond donors (Lipinski definition) is 0. The summed E-state index contributed by atoms with van der Waals surface area (Å²) in [6, 6.07) is 0. The Morgan fingerprint density at radius 2 is 2.35 bits per heavy atom. The SMILES string of the molecule is CCCCOC1=CC=C(n2cncn2)CC1C. The molecule has 4 heteroatoms. The second kappa shape index (κ2) is 5.66. The van der Waals surface area contributed by atoms with E-state index in [9.17, 15) is 0 Å². The van der Waals surface area contributed by atoms with Crippen molar-refractivity contribution in [1.82, 2.24) is 14.8 Å². The molecule has 1 aliphatic rings. The second-order valence-electron chi connectivity index (χ2n) is 4.37. The fourth-order valence-corrected chi connectivity index (χ4v) is 1.88. The molecule has 0 aromatic carbocycles. The van der Waals surface area contributed by atoms with Crippen molar-refractivity contribution >= 4 is 5.70 Å². The van der Waals surface area contributed by atoms with Gasteiger partial charge in [-0.2, -0.15) is 5.10 Å². The summed E-state index contributed by atoms with van der Waals surface area (Å²) in [5.41, 5.74) is 1.16. The van der Waals surface area contributed by atoms with Gasteiger partial charge in [0.1, 0.15) is 12.7 Å². The molecule has 1 aliphatic carbocycles. The zero-order valence-electron chi connectivity index (χ0n) is 10.5. The number of allylic oxidation sites excluding steroid dienone is 4. The maximum absolute atomic E-state index is 5.77. The molecule has 1 heterocycles. The van der Waals surface area contributed by atoms with Crippen molar-refractivity contribution < 1.29 is 4.74 Å². The monoisotopic (exact) mass is 233 g/mol. The zero-order valence-corrected chi connectivity index (χ0v) is 10.5. The first-order valence-electron chi connectivity index (χ1n) is 6.19. The predicted molar refractivity (Wildman–Crippen MR) is 67.0 cm³/mol. The Balaban J connectivity index is 2.01. The van der Waals surface area contributed by atoms with E-state index in [4.69, 9.17) is 4.74 Å². The molecule has 0 aliphatic heterocycles. The van der Waals surface area contributed by atoms with E-state index in [0.29, 0.717) is 5.92 Å². The van der Waals surface area contributed by atoms with Crippen LogP contribution in [0.1, 0.15) is 33.1 Å². The highest BCUT2D eigenvalue weighted by atomic mass is 16.5. The molecule has 0 spiro atoms. The number of hydrogen-bond acceptors (Lipinski definition) is 3. The van der Waals surface area contributed by atoms with E-state index in [1.165, 1.54) is 6.42 Å². The van der Waals surface area contributed by atoms with Gasteiger partial charge in [-0.05, 0) is 25.0 Å². The molecule has 0 bridgehead atoms. The van der Waals surface area contributed by atoms with E-state index >= 15 is 0 Å². The van der Waals surface area contributed by atoms with Crippen molar-refractivity contribution in [1.29, 1.82) is 0 Å². The molecule has 1 aromatic rings. The average Bonchev–Trinajstić information content (AvgIpc) is 2.85. The van der Waals surface area contributed by atoms with Crippen molar-refractivity contribution in [2.75, 3.05) is 6.61 Å². The lowest BCUT2D eigenvalue weighted by Crippen LogP contribution is -2.12. The first-order chi connectivity index (χ1) is 8.31. The lowest BCUT2D eigenvalue weighted by Gasteiger charge is -2.21. The molecule has 1 atom stereocenters. The molecule has 4 nitrogen and oxygen atoms in total. The summed E-state index contributed by atoms with van der Waals surface area (Å²) in [6.45, 7) is 5.17. The quantitative estimate of drug-likeness (QED) is 0.734. The molecule has 1 aromatic heterocycles. The molecule has 2 rings (SSSR count). The third-order valence-corrected chi connectivity index (χ3v) is 2.92. The zero-order chi connectivity index (χ0) is 12.1. The molecule has 0 radical (unpaired) electrons. The van der Waals surface area contributed by atoms with Gasteiger partial charge >= 0.3 is 0 Å². The van der Waals surface area contributed by atoms with E-state index in [1.807, 2.05) is 4.68 Å². The summed E-state index contributed by atoms with van der Waals surface area (Å²) in [5.74, 6) is 1.50. The first-order valence-corrected chi connectivity index (χ1v) is 6.19. The highest BCUT2D eigenvalue weighted by Gasteiger charge is 2.17. The Hall–Kier alpha value is -1.58. The summed E-state index contributed by atoms with van der Waals surface area (Å²) < 4.78 is 7.59. The summed E-state index contributed by atoms with van der Waals surface area (Å²) in [4.78, 5) is 3.96. The molecular formula is C13H19N3O. The van der Waals surface area contributed by atoms with Crippen LogP contribution in [0.15, 0.2) is 30.6 Å². The van der Waals surface area contributed by atoms with Crippen LogP contribution in [0.5, 0.6) is 0 Å². The Morgan fingerprint density at radius 3 is 3.00 bits per heavy atom.